The summed E-state index contributed by atoms with van der Waals surface area (Å²) in [4.78, 5) is 12.5. The van der Waals surface area contributed by atoms with Crippen LogP contribution < -0.4 is 5.32 Å². The van der Waals surface area contributed by atoms with Crippen LogP contribution in [0.5, 0.6) is 0 Å². The summed E-state index contributed by atoms with van der Waals surface area (Å²) in [5.74, 6) is -0.0577. The Morgan fingerprint density at radius 2 is 0.603 bits per heavy atom. The van der Waals surface area contributed by atoms with Gasteiger partial charge in [-0.15, -0.1) is 0 Å². The smallest absolute Gasteiger partial charge is 0.220 e. The lowest BCUT2D eigenvalue weighted by atomic mass is 10.0. The van der Waals surface area contributed by atoms with Crippen molar-refractivity contribution in [3.05, 3.63) is 24.3 Å². The highest BCUT2D eigenvalue weighted by atomic mass is 16.3. The normalized spacial score (nSPS) is 12.9. The molecule has 0 aromatic rings. The average Bonchev–Trinajstić information content (AvgIpc) is 3.29. The van der Waals surface area contributed by atoms with Crippen molar-refractivity contribution in [1.82, 2.24) is 5.32 Å². The number of carbonyl (C=O) groups excluding carboxylic acids is 1. The maximum Gasteiger partial charge on any atom is 0.220 e. The minimum Gasteiger partial charge on any atom is -0.394 e. The zero-order chi connectivity index (χ0) is 45.6. The number of aliphatic hydroxyl groups excluding tert-OH is 2. The second-order valence-corrected chi connectivity index (χ2v) is 20.1. The molecule has 0 aromatic heterocycles. The van der Waals surface area contributed by atoms with Crippen LogP contribution in [0.3, 0.4) is 0 Å². The minimum atomic E-state index is -0.837. The molecule has 0 spiro atoms. The highest BCUT2D eigenvalue weighted by Crippen LogP contribution is 2.17. The molecule has 0 aliphatic rings. The number of unbranched alkanes of at least 4 members (excludes halogenated alkanes) is 45. The fourth-order valence-corrected chi connectivity index (χ4v) is 9.24. The Morgan fingerprint density at radius 3 is 0.873 bits per heavy atom. The molecular weight excluding hydrogens is 771 g/mol. The van der Waals surface area contributed by atoms with Gasteiger partial charge in [-0.2, -0.15) is 0 Å². The molecule has 0 rings (SSSR count). The van der Waals surface area contributed by atoms with Gasteiger partial charge in [-0.25, -0.2) is 0 Å². The predicted molar refractivity (Wildman–Crippen MR) is 281 cm³/mol. The van der Waals surface area contributed by atoms with E-state index < -0.39 is 12.1 Å². The van der Waals surface area contributed by atoms with Crippen molar-refractivity contribution in [3.63, 3.8) is 0 Å². The Bertz CT molecular complexity index is 916. The molecule has 0 aliphatic heterocycles. The zero-order valence-corrected chi connectivity index (χ0v) is 43.1. The van der Waals surface area contributed by atoms with E-state index in [4.69, 9.17) is 0 Å². The predicted octanol–water partition coefficient (Wildman–Crippen LogP) is 19.1. The first-order chi connectivity index (χ1) is 31.2. The molecular formula is C59H115NO3. The number of amides is 1. The van der Waals surface area contributed by atoms with E-state index in [1.165, 1.54) is 283 Å². The summed E-state index contributed by atoms with van der Waals surface area (Å²) >= 11 is 0. The van der Waals surface area contributed by atoms with Crippen molar-refractivity contribution in [2.45, 2.75) is 341 Å². The maximum absolute atomic E-state index is 12.5. The monoisotopic (exact) mass is 886 g/mol. The third-order valence-corrected chi connectivity index (χ3v) is 13.7. The first kappa shape index (κ1) is 61.9. The van der Waals surface area contributed by atoms with Crippen molar-refractivity contribution in [2.75, 3.05) is 6.61 Å². The van der Waals surface area contributed by atoms with E-state index in [-0.39, 0.29) is 12.5 Å². The van der Waals surface area contributed by atoms with Gasteiger partial charge in [0.05, 0.1) is 18.8 Å². The van der Waals surface area contributed by atoms with Crippen molar-refractivity contribution in [2.24, 2.45) is 0 Å². The highest BCUT2D eigenvalue weighted by molar-refractivity contribution is 5.76. The van der Waals surface area contributed by atoms with E-state index in [0.29, 0.717) is 6.42 Å². The van der Waals surface area contributed by atoms with E-state index in [9.17, 15) is 15.0 Å². The first-order valence-corrected chi connectivity index (χ1v) is 29.1. The maximum atomic E-state index is 12.5. The van der Waals surface area contributed by atoms with Crippen LogP contribution in [-0.4, -0.2) is 34.9 Å². The SMILES string of the molecule is CCCCCCCCCCCCCC/C=C\CCCCCCCCCCCCCCCCCCCC(=O)NC(CO)C(O)/C=C/CCCCCCCCCCCCCCCCCC. The largest absolute Gasteiger partial charge is 0.394 e. The van der Waals surface area contributed by atoms with Crippen molar-refractivity contribution < 1.29 is 15.0 Å². The molecule has 374 valence electrons. The minimum absolute atomic E-state index is 0.0577. The molecule has 1 amide bonds. The second-order valence-electron chi connectivity index (χ2n) is 20.1. The lowest BCUT2D eigenvalue weighted by Crippen LogP contribution is -2.45. The highest BCUT2D eigenvalue weighted by Gasteiger charge is 2.18. The van der Waals surface area contributed by atoms with Gasteiger partial charge in [0.1, 0.15) is 0 Å². The molecule has 0 bridgehead atoms. The summed E-state index contributed by atoms with van der Waals surface area (Å²) < 4.78 is 0. The van der Waals surface area contributed by atoms with Gasteiger partial charge in [0.25, 0.3) is 0 Å². The van der Waals surface area contributed by atoms with Gasteiger partial charge in [0, 0.05) is 6.42 Å². The standard InChI is InChI=1S/C59H115NO3/c1-3-5-7-9-11-13-15-17-19-21-23-24-25-26-27-28-29-30-31-32-33-34-35-36-37-39-41-43-45-47-49-51-53-55-59(63)60-57(56-61)58(62)54-52-50-48-46-44-42-40-38-22-20-18-16-14-12-10-8-6-4-2/h26-27,52,54,57-58,61-62H,3-25,28-51,53,55-56H2,1-2H3,(H,60,63)/b27-26-,54-52+. The average molecular weight is 887 g/mol. The number of hydrogen-bond donors (Lipinski definition) is 3. The van der Waals surface area contributed by atoms with Gasteiger partial charge in [0.2, 0.25) is 5.91 Å². The number of rotatable bonds is 54. The Hall–Kier alpha value is -1.13. The third kappa shape index (κ3) is 51.7. The summed E-state index contributed by atoms with van der Waals surface area (Å²) in [7, 11) is 0. The van der Waals surface area contributed by atoms with Crippen molar-refractivity contribution in [3.8, 4) is 0 Å². The number of hydrogen-bond acceptors (Lipinski definition) is 3. The van der Waals surface area contributed by atoms with E-state index in [1.54, 1.807) is 6.08 Å². The molecule has 63 heavy (non-hydrogen) atoms. The van der Waals surface area contributed by atoms with Gasteiger partial charge in [-0.05, 0) is 44.9 Å². The second kappa shape index (κ2) is 55.2. The topological polar surface area (TPSA) is 69.6 Å². The molecule has 3 N–H and O–H groups in total. The fraction of sp³-hybridized carbons (Fsp3) is 0.915. The lowest BCUT2D eigenvalue weighted by Gasteiger charge is -2.20. The van der Waals surface area contributed by atoms with Crippen LogP contribution in [0.4, 0.5) is 0 Å². The summed E-state index contributed by atoms with van der Waals surface area (Å²) in [5, 5.41) is 23.2. The zero-order valence-electron chi connectivity index (χ0n) is 43.1. The summed E-state index contributed by atoms with van der Waals surface area (Å²) in [6.45, 7) is 4.35. The van der Waals surface area contributed by atoms with E-state index >= 15 is 0 Å². The Balaban J connectivity index is 3.43. The van der Waals surface area contributed by atoms with E-state index in [1.807, 2.05) is 6.08 Å². The summed E-state index contributed by atoms with van der Waals surface area (Å²) in [5.41, 5.74) is 0. The van der Waals surface area contributed by atoms with Crippen molar-refractivity contribution in [1.29, 1.82) is 0 Å². The van der Waals surface area contributed by atoms with Crippen LogP contribution in [-0.2, 0) is 4.79 Å². The van der Waals surface area contributed by atoms with E-state index in [0.717, 1.165) is 25.7 Å². The number of nitrogens with one attached hydrogen (secondary N) is 1. The van der Waals surface area contributed by atoms with Gasteiger partial charge < -0.3 is 15.5 Å². The lowest BCUT2D eigenvalue weighted by molar-refractivity contribution is -0.123. The van der Waals surface area contributed by atoms with Crippen molar-refractivity contribution >= 4 is 5.91 Å². The summed E-state index contributed by atoms with van der Waals surface area (Å²) in [6.07, 6.45) is 73.5. The van der Waals surface area contributed by atoms with Crippen LogP contribution in [0.2, 0.25) is 0 Å². The van der Waals surface area contributed by atoms with Gasteiger partial charge in [-0.3, -0.25) is 4.79 Å². The molecule has 0 aliphatic carbocycles. The summed E-state index contributed by atoms with van der Waals surface area (Å²) in [6, 6.07) is -0.620. The molecule has 0 radical (unpaired) electrons. The molecule has 0 heterocycles. The number of allylic oxidation sites excluding steroid dienone is 3. The van der Waals surface area contributed by atoms with Gasteiger partial charge in [-0.1, -0.05) is 301 Å². The molecule has 4 nitrogen and oxygen atoms in total. The number of aliphatic hydroxyl groups is 2. The van der Waals surface area contributed by atoms with Crippen LogP contribution in [0.25, 0.3) is 0 Å². The molecule has 0 saturated heterocycles. The molecule has 0 aromatic carbocycles. The van der Waals surface area contributed by atoms with Crippen LogP contribution in [0, 0.1) is 0 Å². The first-order valence-electron chi connectivity index (χ1n) is 29.1. The Morgan fingerprint density at radius 1 is 0.365 bits per heavy atom. The van der Waals surface area contributed by atoms with E-state index in [2.05, 4.69) is 31.3 Å². The van der Waals surface area contributed by atoms with Crippen LogP contribution in [0.1, 0.15) is 328 Å². The Labute approximate surface area is 396 Å². The van der Waals surface area contributed by atoms with Gasteiger partial charge >= 0.3 is 0 Å². The van der Waals surface area contributed by atoms with Crippen LogP contribution in [0.15, 0.2) is 24.3 Å². The quantitative estimate of drug-likeness (QED) is 0.0421. The number of carbonyl (C=O) groups is 1. The molecule has 2 atom stereocenters. The van der Waals surface area contributed by atoms with Gasteiger partial charge in [0.15, 0.2) is 0 Å². The third-order valence-electron chi connectivity index (χ3n) is 13.7. The van der Waals surface area contributed by atoms with Crippen LogP contribution >= 0.6 is 0 Å². The molecule has 2 unspecified atom stereocenters. The molecule has 4 heteroatoms. The Kier molecular flexibility index (Phi) is 54.2. The molecule has 0 saturated carbocycles. The fourth-order valence-electron chi connectivity index (χ4n) is 9.24. The molecule has 0 fully saturated rings.